The average Bonchev–Trinajstić information content (AvgIpc) is 3.34. The molecule has 4 aliphatic rings. The molecule has 2 aliphatic heterocycles. The SMILES string of the molecule is COCCNC(=O)c1cc2c(c3c1CCC1(C=C4CC=CC=C4C1)N3)NC(C)N2C.O=C(O)CC(=O)O. The Morgan fingerprint density at radius 2 is 1.97 bits per heavy atom. The number of carbonyl (C=O) groups is 3. The molecule has 1 aromatic carbocycles. The van der Waals surface area contributed by atoms with Crippen molar-refractivity contribution in [3.8, 4) is 0 Å². The highest BCUT2D eigenvalue weighted by Gasteiger charge is 2.42. The summed E-state index contributed by atoms with van der Waals surface area (Å²) in [6.45, 7) is 3.16. The molecule has 37 heavy (non-hydrogen) atoms. The van der Waals surface area contributed by atoms with Crippen LogP contribution in [0.3, 0.4) is 0 Å². The molecule has 1 aromatic rings. The number of anilines is 3. The molecule has 10 nitrogen and oxygen atoms in total. The predicted octanol–water partition coefficient (Wildman–Crippen LogP) is 3.13. The van der Waals surface area contributed by atoms with Gasteiger partial charge in [0.05, 0.1) is 35.4 Å². The summed E-state index contributed by atoms with van der Waals surface area (Å²) in [4.78, 5) is 34.1. The number of aliphatic carboxylic acids is 2. The Labute approximate surface area is 216 Å². The smallest absolute Gasteiger partial charge is 0.314 e. The molecule has 0 radical (unpaired) electrons. The van der Waals surface area contributed by atoms with Crippen molar-refractivity contribution in [2.24, 2.45) is 0 Å². The van der Waals surface area contributed by atoms with E-state index < -0.39 is 18.4 Å². The number of nitrogens with one attached hydrogen (secondary N) is 3. The van der Waals surface area contributed by atoms with Crippen molar-refractivity contribution in [1.29, 1.82) is 0 Å². The Morgan fingerprint density at radius 1 is 1.22 bits per heavy atom. The third-order valence-electron chi connectivity index (χ3n) is 7.20. The molecule has 0 fully saturated rings. The van der Waals surface area contributed by atoms with Gasteiger partial charge in [0.25, 0.3) is 5.91 Å². The number of carbonyl (C=O) groups excluding carboxylic acids is 1. The summed E-state index contributed by atoms with van der Waals surface area (Å²) in [5.41, 5.74) is 7.99. The third kappa shape index (κ3) is 5.48. The van der Waals surface area contributed by atoms with Gasteiger partial charge in [-0.1, -0.05) is 24.3 Å². The summed E-state index contributed by atoms with van der Waals surface area (Å²) < 4.78 is 5.09. The van der Waals surface area contributed by atoms with Crippen LogP contribution in [0, 0.1) is 0 Å². The number of carboxylic acid groups (broad SMARTS) is 2. The molecule has 10 heteroatoms. The van der Waals surface area contributed by atoms with Crippen molar-refractivity contribution in [1.82, 2.24) is 5.32 Å². The maximum absolute atomic E-state index is 13.0. The van der Waals surface area contributed by atoms with Crippen LogP contribution in [0.25, 0.3) is 0 Å². The van der Waals surface area contributed by atoms with Gasteiger partial charge in [-0.25, -0.2) is 0 Å². The highest BCUT2D eigenvalue weighted by Crippen LogP contribution is 2.51. The van der Waals surface area contributed by atoms with Crippen molar-refractivity contribution in [3.63, 3.8) is 0 Å². The van der Waals surface area contributed by atoms with Crippen LogP contribution >= 0.6 is 0 Å². The van der Waals surface area contributed by atoms with Gasteiger partial charge in [0, 0.05) is 26.3 Å². The highest BCUT2D eigenvalue weighted by atomic mass is 16.5. The fraction of sp³-hybridized carbons (Fsp3) is 0.444. The molecule has 2 heterocycles. The maximum atomic E-state index is 13.0. The molecule has 2 aliphatic carbocycles. The van der Waals surface area contributed by atoms with E-state index in [0.29, 0.717) is 13.2 Å². The molecule has 0 bridgehead atoms. The first-order valence-electron chi connectivity index (χ1n) is 12.4. The van der Waals surface area contributed by atoms with Crippen molar-refractivity contribution in [2.75, 3.05) is 42.8 Å². The fourth-order valence-electron chi connectivity index (χ4n) is 5.31. The molecule has 2 unspecified atom stereocenters. The molecular formula is C27H34N4O6. The Morgan fingerprint density at radius 3 is 2.62 bits per heavy atom. The predicted molar refractivity (Wildman–Crippen MR) is 141 cm³/mol. The Bertz CT molecular complexity index is 1190. The number of allylic oxidation sites excluding steroid dienone is 4. The number of ether oxygens (including phenoxy) is 1. The number of amides is 1. The zero-order valence-corrected chi connectivity index (χ0v) is 21.4. The lowest BCUT2D eigenvalue weighted by atomic mass is 9.82. The molecule has 0 aromatic heterocycles. The minimum atomic E-state index is -1.31. The van der Waals surface area contributed by atoms with E-state index in [1.165, 1.54) is 11.1 Å². The molecular weight excluding hydrogens is 476 g/mol. The van der Waals surface area contributed by atoms with Crippen molar-refractivity contribution in [2.45, 2.75) is 50.7 Å². The van der Waals surface area contributed by atoms with Gasteiger partial charge in [0.2, 0.25) is 0 Å². The number of benzene rings is 1. The van der Waals surface area contributed by atoms with Gasteiger partial charge in [-0.2, -0.15) is 0 Å². The minimum Gasteiger partial charge on any atom is -0.481 e. The van der Waals surface area contributed by atoms with Crippen LogP contribution < -0.4 is 20.9 Å². The summed E-state index contributed by atoms with van der Waals surface area (Å²) in [6.07, 6.45) is 12.4. The first kappa shape index (κ1) is 26.3. The van der Waals surface area contributed by atoms with E-state index >= 15 is 0 Å². The highest BCUT2D eigenvalue weighted by molar-refractivity contribution is 6.03. The zero-order valence-electron chi connectivity index (χ0n) is 21.4. The monoisotopic (exact) mass is 510 g/mol. The molecule has 5 rings (SSSR count). The van der Waals surface area contributed by atoms with Crippen molar-refractivity contribution >= 4 is 34.9 Å². The summed E-state index contributed by atoms with van der Waals surface area (Å²) in [5.74, 6) is -2.65. The molecule has 1 spiro atoms. The van der Waals surface area contributed by atoms with Crippen LogP contribution in [0.15, 0.2) is 41.5 Å². The lowest BCUT2D eigenvalue weighted by Crippen LogP contribution is -2.39. The Hall–Kier alpha value is -3.79. The molecule has 5 N–H and O–H groups in total. The summed E-state index contributed by atoms with van der Waals surface area (Å²) in [7, 11) is 3.72. The molecule has 0 saturated carbocycles. The van der Waals surface area contributed by atoms with Crippen LogP contribution in [-0.2, 0) is 20.7 Å². The van der Waals surface area contributed by atoms with E-state index in [1.54, 1.807) is 7.11 Å². The van der Waals surface area contributed by atoms with E-state index in [9.17, 15) is 14.4 Å². The van der Waals surface area contributed by atoms with E-state index in [-0.39, 0.29) is 17.6 Å². The number of fused-ring (bicyclic) bond motifs is 4. The number of rotatable bonds is 6. The summed E-state index contributed by atoms with van der Waals surface area (Å²) in [6, 6.07) is 2.05. The molecule has 198 valence electrons. The number of carboxylic acids is 2. The average molecular weight is 511 g/mol. The second-order valence-corrected chi connectivity index (χ2v) is 9.77. The largest absolute Gasteiger partial charge is 0.481 e. The second-order valence-electron chi connectivity index (χ2n) is 9.77. The van der Waals surface area contributed by atoms with Crippen LogP contribution in [0.4, 0.5) is 17.1 Å². The van der Waals surface area contributed by atoms with E-state index in [0.717, 1.165) is 53.9 Å². The van der Waals surface area contributed by atoms with Gasteiger partial charge in [-0.05, 0) is 55.4 Å². The first-order valence-corrected chi connectivity index (χ1v) is 12.4. The topological polar surface area (TPSA) is 140 Å². The standard InChI is InChI=1S/C24H30N4O2.C3H4O4/c1-15-26-22-20(28(15)2)12-19(23(29)25-10-11-30-3)18-8-9-24(27-21(18)22)13-16-6-4-5-7-17(16)14-24;4-2(5)1-3(6)7/h4-6,12,14-15,26-27H,7-11,13H2,1-3H3,(H,25,29);1H2,(H,4,5)(H,6,7). The lowest BCUT2D eigenvalue weighted by molar-refractivity contribution is -0.147. The third-order valence-corrected chi connectivity index (χ3v) is 7.20. The molecule has 2 atom stereocenters. The normalized spacial score (nSPS) is 22.4. The van der Waals surface area contributed by atoms with Crippen LogP contribution in [0.1, 0.15) is 48.5 Å². The van der Waals surface area contributed by atoms with Gasteiger partial charge in [0.1, 0.15) is 6.42 Å². The minimum absolute atomic E-state index is 0.0258. The van der Waals surface area contributed by atoms with Crippen LogP contribution in [0.5, 0.6) is 0 Å². The maximum Gasteiger partial charge on any atom is 0.314 e. The van der Waals surface area contributed by atoms with Crippen molar-refractivity contribution in [3.05, 3.63) is 52.6 Å². The summed E-state index contributed by atoms with van der Waals surface area (Å²) in [5, 5.41) is 25.9. The van der Waals surface area contributed by atoms with Gasteiger partial charge in [0.15, 0.2) is 0 Å². The van der Waals surface area contributed by atoms with Crippen LogP contribution in [0.2, 0.25) is 0 Å². The number of methoxy groups -OCH3 is 1. The zero-order chi connectivity index (χ0) is 26.7. The van der Waals surface area contributed by atoms with Gasteiger partial charge < -0.3 is 35.8 Å². The number of nitrogens with zero attached hydrogens (tertiary/aromatic N) is 1. The quantitative estimate of drug-likeness (QED) is 0.288. The van der Waals surface area contributed by atoms with Gasteiger partial charge in [-0.3, -0.25) is 14.4 Å². The first-order chi connectivity index (χ1) is 17.6. The fourth-order valence-corrected chi connectivity index (χ4v) is 5.31. The van der Waals surface area contributed by atoms with E-state index in [2.05, 4.69) is 59.1 Å². The summed E-state index contributed by atoms with van der Waals surface area (Å²) >= 11 is 0. The van der Waals surface area contributed by atoms with E-state index in [1.807, 2.05) is 6.07 Å². The molecule has 0 saturated heterocycles. The Balaban J connectivity index is 0.000000405. The van der Waals surface area contributed by atoms with Gasteiger partial charge in [-0.15, -0.1) is 0 Å². The number of hydrogen-bond donors (Lipinski definition) is 5. The number of hydrogen-bond acceptors (Lipinski definition) is 7. The molecule has 1 amide bonds. The Kier molecular flexibility index (Phi) is 7.58. The second kappa shape index (κ2) is 10.7. The van der Waals surface area contributed by atoms with Crippen LogP contribution in [-0.4, -0.2) is 67.1 Å². The van der Waals surface area contributed by atoms with Gasteiger partial charge >= 0.3 is 11.9 Å². The van der Waals surface area contributed by atoms with Crippen molar-refractivity contribution < 1.29 is 29.3 Å². The van der Waals surface area contributed by atoms with E-state index in [4.69, 9.17) is 14.9 Å². The lowest BCUT2D eigenvalue weighted by Gasteiger charge is -2.37.